The molecule has 0 radical (unpaired) electrons. The summed E-state index contributed by atoms with van der Waals surface area (Å²) in [5, 5.41) is 17.9. The zero-order valence-electron chi connectivity index (χ0n) is 11.7. The molecule has 24 heavy (non-hydrogen) atoms. The van der Waals surface area contributed by atoms with Gasteiger partial charge in [-0.25, -0.2) is 27.1 Å². The smallest absolute Gasteiger partial charge is 0.225 e. The Morgan fingerprint density at radius 2 is 1.04 bits per heavy atom. The summed E-state index contributed by atoms with van der Waals surface area (Å²) in [5.41, 5.74) is -0.227. The second-order valence-corrected chi connectivity index (χ2v) is 8.45. The van der Waals surface area contributed by atoms with Crippen LogP contribution in [-0.4, -0.2) is 16.8 Å². The van der Waals surface area contributed by atoms with Gasteiger partial charge in [-0.3, -0.25) is 0 Å². The van der Waals surface area contributed by atoms with Crippen LogP contribution in [0.2, 0.25) is 10.0 Å². The van der Waals surface area contributed by atoms with Crippen LogP contribution in [0.25, 0.3) is 0 Å². The molecule has 0 aliphatic heterocycles. The highest BCUT2D eigenvalue weighted by atomic mass is 35.5. The largest absolute Gasteiger partial charge is 0.240 e. The van der Waals surface area contributed by atoms with Crippen molar-refractivity contribution in [2.24, 2.45) is 20.5 Å². The number of halogens is 2. The molecule has 0 spiro atoms. The Bertz CT molecular complexity index is 954. The molecular weight excluding hydrogens is 399 g/mol. The molecule has 8 nitrogen and oxygen atoms in total. The normalized spacial score (nSPS) is 12.7. The lowest BCUT2D eigenvalue weighted by Gasteiger charge is -2.05. The first-order valence-electron chi connectivity index (χ1n) is 6.05. The van der Waals surface area contributed by atoms with E-state index in [9.17, 15) is 16.8 Å². The minimum atomic E-state index is -4.11. The SMILES string of the molecule is NS(=O)(=O)c1cc(Cl)ccc1N=Nc1ccc(Cl)cc1S(N)(=O)=O. The topological polar surface area (TPSA) is 145 Å². The molecule has 128 valence electrons. The van der Waals surface area contributed by atoms with Gasteiger partial charge in [0.25, 0.3) is 0 Å². The third-order valence-electron chi connectivity index (χ3n) is 2.72. The molecule has 0 aliphatic carbocycles. The van der Waals surface area contributed by atoms with E-state index in [0.29, 0.717) is 0 Å². The van der Waals surface area contributed by atoms with Crippen LogP contribution >= 0.6 is 23.2 Å². The molecule has 0 heterocycles. The third-order valence-corrected chi connectivity index (χ3v) is 5.07. The molecule has 12 heteroatoms. The highest BCUT2D eigenvalue weighted by Gasteiger charge is 2.17. The van der Waals surface area contributed by atoms with Crippen molar-refractivity contribution in [3.05, 3.63) is 46.4 Å². The number of hydrogen-bond acceptors (Lipinski definition) is 6. The van der Waals surface area contributed by atoms with Crippen molar-refractivity contribution in [2.75, 3.05) is 0 Å². The lowest BCUT2D eigenvalue weighted by molar-refractivity contribution is 0.595. The van der Waals surface area contributed by atoms with E-state index < -0.39 is 20.0 Å². The molecule has 2 rings (SSSR count). The molecule has 0 amide bonds. The predicted molar refractivity (Wildman–Crippen MR) is 89.8 cm³/mol. The lowest BCUT2D eigenvalue weighted by Crippen LogP contribution is -2.12. The Hall–Kier alpha value is -1.56. The molecule has 0 fully saturated rings. The van der Waals surface area contributed by atoms with Crippen molar-refractivity contribution in [1.82, 2.24) is 0 Å². The summed E-state index contributed by atoms with van der Waals surface area (Å²) < 4.78 is 46.3. The van der Waals surface area contributed by atoms with Gasteiger partial charge >= 0.3 is 0 Å². The first-order chi connectivity index (χ1) is 11.0. The van der Waals surface area contributed by atoms with E-state index in [2.05, 4.69) is 10.2 Å². The molecule has 0 aromatic heterocycles. The highest BCUT2D eigenvalue weighted by molar-refractivity contribution is 7.89. The van der Waals surface area contributed by atoms with E-state index in [1.165, 1.54) is 24.3 Å². The average molecular weight is 409 g/mol. The molecular formula is C12H10Cl2N4O4S2. The van der Waals surface area contributed by atoms with Crippen LogP contribution < -0.4 is 10.3 Å². The number of hydrogen-bond donors (Lipinski definition) is 2. The van der Waals surface area contributed by atoms with E-state index in [-0.39, 0.29) is 31.2 Å². The van der Waals surface area contributed by atoms with Crippen molar-refractivity contribution in [2.45, 2.75) is 9.79 Å². The first kappa shape index (κ1) is 18.8. The molecule has 0 saturated carbocycles. The van der Waals surface area contributed by atoms with E-state index in [1.54, 1.807) is 0 Å². The predicted octanol–water partition coefficient (Wildman–Crippen LogP) is 2.70. The maximum Gasteiger partial charge on any atom is 0.240 e. The zero-order valence-corrected chi connectivity index (χ0v) is 14.9. The highest BCUT2D eigenvalue weighted by Crippen LogP contribution is 2.31. The number of sulfonamides is 2. The molecule has 4 N–H and O–H groups in total. The molecule has 2 aromatic carbocycles. The van der Waals surface area contributed by atoms with Crippen LogP contribution in [0.15, 0.2) is 56.4 Å². The summed E-state index contributed by atoms with van der Waals surface area (Å²) in [5.74, 6) is 0. The van der Waals surface area contributed by atoms with Crippen molar-refractivity contribution in [3.8, 4) is 0 Å². The standard InChI is InChI=1S/C12H10Cl2N4O4S2/c13-7-1-3-9(11(5-7)23(15,19)20)17-18-10-4-2-8(14)6-12(10)24(16,21)22/h1-6H,(H2,15,19,20)(H2,16,21,22). The molecule has 2 aromatic rings. The van der Waals surface area contributed by atoms with E-state index >= 15 is 0 Å². The fraction of sp³-hybridized carbons (Fsp3) is 0. The maximum absolute atomic E-state index is 11.6. The van der Waals surface area contributed by atoms with Gasteiger partial charge in [-0.1, -0.05) is 23.2 Å². The summed E-state index contributed by atoms with van der Waals surface area (Å²) in [6, 6.07) is 7.53. The monoisotopic (exact) mass is 408 g/mol. The van der Waals surface area contributed by atoms with Crippen LogP contribution in [0.3, 0.4) is 0 Å². The van der Waals surface area contributed by atoms with E-state index in [4.69, 9.17) is 33.5 Å². The van der Waals surface area contributed by atoms with Gasteiger partial charge < -0.3 is 0 Å². The Kier molecular flexibility index (Phi) is 5.28. The lowest BCUT2D eigenvalue weighted by atomic mass is 10.3. The molecule has 0 bridgehead atoms. The minimum Gasteiger partial charge on any atom is -0.225 e. The average Bonchev–Trinajstić information content (AvgIpc) is 2.45. The Morgan fingerprint density at radius 1 is 0.708 bits per heavy atom. The Balaban J connectivity index is 2.59. The van der Waals surface area contributed by atoms with Crippen molar-refractivity contribution >= 4 is 54.6 Å². The van der Waals surface area contributed by atoms with Gasteiger partial charge in [-0.2, -0.15) is 0 Å². The third kappa shape index (κ3) is 4.50. The summed E-state index contributed by atoms with van der Waals surface area (Å²) >= 11 is 11.5. The van der Waals surface area contributed by atoms with Crippen LogP contribution in [-0.2, 0) is 20.0 Å². The maximum atomic E-state index is 11.6. The number of nitrogens with two attached hydrogens (primary N) is 2. The van der Waals surface area contributed by atoms with Crippen LogP contribution in [0.5, 0.6) is 0 Å². The number of azo groups is 1. The van der Waals surface area contributed by atoms with Crippen molar-refractivity contribution < 1.29 is 16.8 Å². The number of primary sulfonamides is 2. The van der Waals surface area contributed by atoms with E-state index in [0.717, 1.165) is 12.1 Å². The molecule has 0 saturated heterocycles. The summed E-state index contributed by atoms with van der Waals surface area (Å²) in [7, 11) is -8.22. The second-order valence-electron chi connectivity index (χ2n) is 4.51. The minimum absolute atomic E-state index is 0.114. The fourth-order valence-corrected chi connectivity index (χ4v) is 3.56. The molecule has 0 unspecified atom stereocenters. The van der Waals surface area contributed by atoms with Gasteiger partial charge in [0.15, 0.2) is 0 Å². The Labute approximate surface area is 148 Å². The van der Waals surface area contributed by atoms with Crippen LogP contribution in [0, 0.1) is 0 Å². The van der Waals surface area contributed by atoms with Crippen LogP contribution in [0.1, 0.15) is 0 Å². The van der Waals surface area contributed by atoms with Gasteiger partial charge in [0, 0.05) is 10.0 Å². The fourth-order valence-electron chi connectivity index (χ4n) is 1.70. The van der Waals surface area contributed by atoms with Gasteiger partial charge in [-0.05, 0) is 36.4 Å². The van der Waals surface area contributed by atoms with Crippen molar-refractivity contribution in [1.29, 1.82) is 0 Å². The Morgan fingerprint density at radius 3 is 1.33 bits per heavy atom. The van der Waals surface area contributed by atoms with Gasteiger partial charge in [0.1, 0.15) is 21.2 Å². The first-order valence-corrected chi connectivity index (χ1v) is 9.90. The summed E-state index contributed by atoms with van der Waals surface area (Å²) in [6.07, 6.45) is 0. The van der Waals surface area contributed by atoms with Gasteiger partial charge in [0.2, 0.25) is 20.0 Å². The van der Waals surface area contributed by atoms with Gasteiger partial charge in [0.05, 0.1) is 0 Å². The van der Waals surface area contributed by atoms with E-state index in [1.807, 2.05) is 0 Å². The number of rotatable bonds is 4. The second kappa shape index (κ2) is 6.75. The molecule has 0 atom stereocenters. The van der Waals surface area contributed by atoms with Crippen molar-refractivity contribution in [3.63, 3.8) is 0 Å². The number of benzene rings is 2. The number of nitrogens with zero attached hydrogens (tertiary/aromatic N) is 2. The van der Waals surface area contributed by atoms with Gasteiger partial charge in [-0.15, -0.1) is 10.2 Å². The zero-order chi connectivity index (χ0) is 18.1. The summed E-state index contributed by atoms with van der Waals surface area (Å²) in [6.45, 7) is 0. The molecule has 0 aliphatic rings. The summed E-state index contributed by atoms with van der Waals surface area (Å²) in [4.78, 5) is -0.713. The quantitative estimate of drug-likeness (QED) is 0.748. The van der Waals surface area contributed by atoms with Crippen LogP contribution in [0.4, 0.5) is 11.4 Å².